The van der Waals surface area contributed by atoms with Crippen LogP contribution in [0.5, 0.6) is 11.5 Å². The Morgan fingerprint density at radius 1 is 1.06 bits per heavy atom. The van der Waals surface area contributed by atoms with Crippen molar-refractivity contribution in [1.29, 1.82) is 0 Å². The van der Waals surface area contributed by atoms with Crippen LogP contribution < -0.4 is 9.47 Å². The molecule has 2 aromatic carbocycles. The Morgan fingerprint density at radius 2 is 1.72 bits per heavy atom. The van der Waals surface area contributed by atoms with Gasteiger partial charge in [0.05, 0.1) is 12.1 Å². The number of rotatable bonds is 7. The van der Waals surface area contributed by atoms with E-state index in [0.717, 1.165) is 58.4 Å². The summed E-state index contributed by atoms with van der Waals surface area (Å²) in [7, 11) is 1.65. The molecule has 2 aromatic rings. The molecule has 0 heterocycles. The van der Waals surface area contributed by atoms with Gasteiger partial charge in [0.1, 0.15) is 18.1 Å². The summed E-state index contributed by atoms with van der Waals surface area (Å²) < 4.78 is 12.4. The molecular weight excluding hydrogens is 488 g/mol. The predicted molar refractivity (Wildman–Crippen MR) is 131 cm³/mol. The van der Waals surface area contributed by atoms with E-state index < -0.39 is 0 Å². The Bertz CT molecular complexity index is 1030. The minimum absolute atomic E-state index is 0.0952. The fourth-order valence-electron chi connectivity index (χ4n) is 6.52. The summed E-state index contributed by atoms with van der Waals surface area (Å²) in [6.45, 7) is 0.329. The molecule has 0 unspecified atom stereocenters. The van der Waals surface area contributed by atoms with Gasteiger partial charge in [0, 0.05) is 15.5 Å². The van der Waals surface area contributed by atoms with Crippen LogP contribution in [0.2, 0.25) is 5.02 Å². The largest absolute Gasteiger partial charge is 0.496 e. The number of halogens is 2. The third kappa shape index (κ3) is 4.36. The molecule has 0 aromatic heterocycles. The second kappa shape index (κ2) is 8.87. The van der Waals surface area contributed by atoms with Crippen LogP contribution in [-0.2, 0) is 11.4 Å². The van der Waals surface area contributed by atoms with Gasteiger partial charge in [0.25, 0.3) is 0 Å². The van der Waals surface area contributed by atoms with Gasteiger partial charge in [-0.2, -0.15) is 0 Å². The summed E-state index contributed by atoms with van der Waals surface area (Å²) in [4.78, 5) is 13.3. The van der Waals surface area contributed by atoms with E-state index in [1.165, 1.54) is 19.3 Å². The first kappa shape index (κ1) is 22.0. The van der Waals surface area contributed by atoms with Gasteiger partial charge in [-0.25, -0.2) is 0 Å². The zero-order chi connectivity index (χ0) is 22.3. The van der Waals surface area contributed by atoms with Gasteiger partial charge in [-0.15, -0.1) is 0 Å². The van der Waals surface area contributed by atoms with Crippen molar-refractivity contribution in [3.63, 3.8) is 0 Å². The number of benzene rings is 2. The maximum Gasteiger partial charge on any atom is 0.161 e. The molecule has 0 saturated heterocycles. The van der Waals surface area contributed by atoms with E-state index >= 15 is 0 Å². The van der Waals surface area contributed by atoms with Crippen molar-refractivity contribution < 1.29 is 14.3 Å². The predicted octanol–water partition coefficient (Wildman–Crippen LogP) is 7.49. The lowest BCUT2D eigenvalue weighted by atomic mass is 9.48. The van der Waals surface area contributed by atoms with E-state index in [1.807, 2.05) is 48.6 Å². The molecule has 0 N–H and O–H groups in total. The number of carbonyl (C=O) groups excluding carboxylic acids is 1. The highest BCUT2D eigenvalue weighted by Crippen LogP contribution is 2.60. The average molecular weight is 516 g/mol. The maximum absolute atomic E-state index is 13.3. The Kier molecular flexibility index (Phi) is 6.11. The second-order valence-electron chi connectivity index (χ2n) is 9.83. The van der Waals surface area contributed by atoms with Crippen LogP contribution in [0, 0.1) is 23.2 Å². The molecular formula is C27H28BrClO3. The number of methoxy groups -OCH3 is 1. The molecule has 0 amide bonds. The standard InChI is InChI=1S/C27H28BrClO3/c1-31-24-5-2-17(11-21(24)16-32-25-6-4-22(28)12-23(25)29)3-7-26(30)27-13-18-8-19(14-27)10-20(9-18)15-27/h2-7,11-12,18-20H,8-10,13-16H2,1H3/b7-3+. The summed E-state index contributed by atoms with van der Waals surface area (Å²) >= 11 is 9.69. The SMILES string of the molecule is COc1ccc(/C=C/C(=O)C23CC4CC(CC(C4)C2)C3)cc1COc1ccc(Br)cc1Cl. The molecule has 0 spiro atoms. The Hall–Kier alpha value is -1.78. The average Bonchev–Trinajstić information content (AvgIpc) is 2.76. The fraction of sp³-hybridized carbons (Fsp3) is 0.444. The molecule has 3 nitrogen and oxygen atoms in total. The Labute approximate surface area is 203 Å². The van der Waals surface area contributed by atoms with Crippen molar-refractivity contribution in [3.05, 3.63) is 63.1 Å². The summed E-state index contributed by atoms with van der Waals surface area (Å²) in [6, 6.07) is 11.5. The molecule has 4 bridgehead atoms. The van der Waals surface area contributed by atoms with E-state index in [2.05, 4.69) is 15.9 Å². The highest BCUT2D eigenvalue weighted by atomic mass is 79.9. The van der Waals surface area contributed by atoms with Crippen LogP contribution in [0.15, 0.2) is 46.9 Å². The number of ether oxygens (including phenoxy) is 2. The number of ketones is 1. The van der Waals surface area contributed by atoms with Crippen LogP contribution in [0.1, 0.15) is 49.7 Å². The molecule has 4 aliphatic rings. The molecule has 4 aliphatic carbocycles. The Morgan fingerprint density at radius 3 is 2.34 bits per heavy atom. The minimum Gasteiger partial charge on any atom is -0.496 e. The lowest BCUT2D eigenvalue weighted by molar-refractivity contribution is -0.138. The lowest BCUT2D eigenvalue weighted by Gasteiger charge is -2.55. The normalized spacial score (nSPS) is 28.3. The van der Waals surface area contributed by atoms with Gasteiger partial charge in [0.2, 0.25) is 0 Å². The van der Waals surface area contributed by atoms with E-state index in [-0.39, 0.29) is 5.41 Å². The zero-order valence-corrected chi connectivity index (χ0v) is 20.6. The van der Waals surface area contributed by atoms with Gasteiger partial charge in [-0.05, 0) is 98.2 Å². The summed E-state index contributed by atoms with van der Waals surface area (Å²) in [5.74, 6) is 4.01. The van der Waals surface area contributed by atoms with Gasteiger partial charge in [-0.3, -0.25) is 4.79 Å². The third-order valence-corrected chi connectivity index (χ3v) is 8.36. The summed E-state index contributed by atoms with van der Waals surface area (Å²) in [5, 5.41) is 0.551. The van der Waals surface area contributed by atoms with Gasteiger partial charge < -0.3 is 9.47 Å². The fourth-order valence-corrected chi connectivity index (χ4v) is 7.25. The first-order valence-electron chi connectivity index (χ1n) is 11.4. The van der Waals surface area contributed by atoms with Crippen molar-refractivity contribution in [2.75, 3.05) is 7.11 Å². The van der Waals surface area contributed by atoms with Gasteiger partial charge >= 0.3 is 0 Å². The molecule has 4 saturated carbocycles. The van der Waals surface area contributed by atoms with Crippen LogP contribution in [0.4, 0.5) is 0 Å². The zero-order valence-electron chi connectivity index (χ0n) is 18.3. The molecule has 32 heavy (non-hydrogen) atoms. The van der Waals surface area contributed by atoms with Crippen molar-refractivity contribution in [1.82, 2.24) is 0 Å². The monoisotopic (exact) mass is 514 g/mol. The van der Waals surface area contributed by atoms with Crippen molar-refractivity contribution in [2.45, 2.75) is 45.1 Å². The van der Waals surface area contributed by atoms with Crippen LogP contribution in [0.3, 0.4) is 0 Å². The van der Waals surface area contributed by atoms with E-state index in [9.17, 15) is 4.79 Å². The highest BCUT2D eigenvalue weighted by molar-refractivity contribution is 9.10. The number of allylic oxidation sites excluding steroid dienone is 1. The number of hydrogen-bond acceptors (Lipinski definition) is 3. The molecule has 0 aliphatic heterocycles. The topological polar surface area (TPSA) is 35.5 Å². The molecule has 168 valence electrons. The first-order chi connectivity index (χ1) is 15.4. The molecule has 6 rings (SSSR count). The molecule has 4 fully saturated rings. The minimum atomic E-state index is -0.0952. The molecule has 0 atom stereocenters. The van der Waals surface area contributed by atoms with Crippen molar-refractivity contribution >= 4 is 39.4 Å². The molecule has 5 heteroatoms. The quantitative estimate of drug-likeness (QED) is 0.358. The van der Waals surface area contributed by atoms with Crippen LogP contribution in [0.25, 0.3) is 6.08 Å². The molecule has 0 radical (unpaired) electrons. The summed E-state index contributed by atoms with van der Waals surface area (Å²) in [6.07, 6.45) is 11.1. The maximum atomic E-state index is 13.3. The highest BCUT2D eigenvalue weighted by Gasteiger charge is 2.53. The van der Waals surface area contributed by atoms with E-state index in [0.29, 0.717) is 23.2 Å². The first-order valence-corrected chi connectivity index (χ1v) is 12.6. The van der Waals surface area contributed by atoms with Crippen molar-refractivity contribution in [3.8, 4) is 11.5 Å². The second-order valence-corrected chi connectivity index (χ2v) is 11.2. The van der Waals surface area contributed by atoms with Crippen LogP contribution >= 0.6 is 27.5 Å². The summed E-state index contributed by atoms with van der Waals surface area (Å²) in [5.41, 5.74) is 1.79. The lowest BCUT2D eigenvalue weighted by Crippen LogP contribution is -2.49. The van der Waals surface area contributed by atoms with Gasteiger partial charge in [-0.1, -0.05) is 39.7 Å². The van der Waals surface area contributed by atoms with E-state index in [4.69, 9.17) is 21.1 Å². The number of carbonyl (C=O) groups is 1. The smallest absolute Gasteiger partial charge is 0.161 e. The van der Waals surface area contributed by atoms with Gasteiger partial charge in [0.15, 0.2) is 5.78 Å². The van der Waals surface area contributed by atoms with Crippen LogP contribution in [-0.4, -0.2) is 12.9 Å². The van der Waals surface area contributed by atoms with E-state index in [1.54, 1.807) is 7.11 Å². The van der Waals surface area contributed by atoms with Crippen molar-refractivity contribution in [2.24, 2.45) is 23.2 Å². The Balaban J connectivity index is 1.31. The number of hydrogen-bond donors (Lipinski definition) is 0. The third-order valence-electron chi connectivity index (χ3n) is 7.57.